The molecule has 0 bridgehead atoms. The van der Waals surface area contributed by atoms with Crippen molar-refractivity contribution in [3.05, 3.63) is 40.5 Å². The van der Waals surface area contributed by atoms with E-state index < -0.39 is 0 Å². The number of pyridine rings is 1. The Kier molecular flexibility index (Phi) is 2.04. The van der Waals surface area contributed by atoms with Gasteiger partial charge in [0.2, 0.25) is 0 Å². The van der Waals surface area contributed by atoms with E-state index in [9.17, 15) is 0 Å². The molecular weight excluding hydrogens is 218 g/mol. The molecule has 3 nitrogen and oxygen atoms in total. The third-order valence-electron chi connectivity index (χ3n) is 2.48. The van der Waals surface area contributed by atoms with Gasteiger partial charge in [0, 0.05) is 17.8 Å². The molecule has 0 amide bonds. The number of aromatic nitrogens is 3. The summed E-state index contributed by atoms with van der Waals surface area (Å²) in [5.41, 5.74) is 4.09. The number of imidazole rings is 1. The fourth-order valence-corrected chi connectivity index (χ4v) is 2.31. The minimum Gasteiger partial charge on any atom is -0.306 e. The smallest absolute Gasteiger partial charge is 0.137 e. The molecule has 3 aromatic rings. The molecule has 3 heterocycles. The average Bonchev–Trinajstić information content (AvgIpc) is 2.83. The summed E-state index contributed by atoms with van der Waals surface area (Å²) in [6.07, 6.45) is 4.10. The monoisotopic (exact) mass is 229 g/mol. The Morgan fingerprint density at radius 2 is 1.94 bits per heavy atom. The van der Waals surface area contributed by atoms with Gasteiger partial charge < -0.3 is 4.40 Å². The maximum Gasteiger partial charge on any atom is 0.137 e. The first kappa shape index (κ1) is 9.54. The van der Waals surface area contributed by atoms with Crippen LogP contribution in [-0.2, 0) is 0 Å². The molecule has 0 N–H and O–H groups in total. The van der Waals surface area contributed by atoms with Crippen molar-refractivity contribution in [3.8, 4) is 11.4 Å². The third-order valence-corrected chi connectivity index (χ3v) is 3.25. The molecule has 16 heavy (non-hydrogen) atoms. The molecule has 0 fully saturated rings. The van der Waals surface area contributed by atoms with Crippen LogP contribution in [0.2, 0.25) is 0 Å². The fourth-order valence-electron chi connectivity index (χ4n) is 1.71. The van der Waals surface area contributed by atoms with Gasteiger partial charge in [-0.25, -0.2) is 9.97 Å². The van der Waals surface area contributed by atoms with Crippen LogP contribution in [-0.4, -0.2) is 14.4 Å². The van der Waals surface area contributed by atoms with Crippen molar-refractivity contribution in [3.63, 3.8) is 0 Å². The van der Waals surface area contributed by atoms with Gasteiger partial charge in [0.25, 0.3) is 0 Å². The molecule has 0 aliphatic carbocycles. The van der Waals surface area contributed by atoms with Crippen LogP contribution in [0.1, 0.15) is 10.6 Å². The largest absolute Gasteiger partial charge is 0.306 e. The maximum atomic E-state index is 4.54. The molecule has 3 aromatic heterocycles. The molecule has 0 spiro atoms. The van der Waals surface area contributed by atoms with E-state index in [1.54, 1.807) is 11.3 Å². The quantitative estimate of drug-likeness (QED) is 0.642. The van der Waals surface area contributed by atoms with Gasteiger partial charge >= 0.3 is 0 Å². The highest BCUT2D eigenvalue weighted by atomic mass is 32.1. The van der Waals surface area contributed by atoms with Crippen LogP contribution >= 0.6 is 11.3 Å². The van der Waals surface area contributed by atoms with E-state index in [4.69, 9.17) is 0 Å². The molecule has 0 saturated heterocycles. The number of hydrogen-bond acceptors (Lipinski definition) is 3. The van der Waals surface area contributed by atoms with Gasteiger partial charge in [-0.3, -0.25) is 0 Å². The second kappa shape index (κ2) is 3.42. The fraction of sp³-hybridized carbons (Fsp3) is 0.167. The number of thiazole rings is 1. The summed E-state index contributed by atoms with van der Waals surface area (Å²) in [4.78, 5) is 8.99. The maximum absolute atomic E-state index is 4.54. The van der Waals surface area contributed by atoms with Crippen LogP contribution in [0.5, 0.6) is 0 Å². The SMILES string of the molecule is Cc1ccc2nc(-c3csc(C)n3)cn2c1. The second-order valence-electron chi connectivity index (χ2n) is 3.85. The van der Waals surface area contributed by atoms with Crippen molar-refractivity contribution < 1.29 is 0 Å². The molecule has 0 aliphatic rings. The molecular formula is C12H11N3S. The van der Waals surface area contributed by atoms with Crippen LogP contribution < -0.4 is 0 Å². The Balaban J connectivity index is 2.18. The molecule has 0 aromatic carbocycles. The van der Waals surface area contributed by atoms with Crippen molar-refractivity contribution >= 4 is 17.0 Å². The van der Waals surface area contributed by atoms with E-state index in [0.717, 1.165) is 22.0 Å². The lowest BCUT2D eigenvalue weighted by molar-refractivity contribution is 1.16. The van der Waals surface area contributed by atoms with E-state index in [-0.39, 0.29) is 0 Å². The predicted molar refractivity (Wildman–Crippen MR) is 65.8 cm³/mol. The van der Waals surface area contributed by atoms with Crippen LogP contribution in [0.25, 0.3) is 17.0 Å². The molecule has 4 heteroatoms. The minimum absolute atomic E-state index is 0.940. The Morgan fingerprint density at radius 3 is 2.69 bits per heavy atom. The number of nitrogens with zero attached hydrogens (tertiary/aromatic N) is 3. The summed E-state index contributed by atoms with van der Waals surface area (Å²) < 4.78 is 2.04. The lowest BCUT2D eigenvalue weighted by atomic mass is 10.3. The van der Waals surface area contributed by atoms with Gasteiger partial charge in [-0.1, -0.05) is 6.07 Å². The second-order valence-corrected chi connectivity index (χ2v) is 4.91. The highest BCUT2D eigenvalue weighted by molar-refractivity contribution is 7.09. The number of fused-ring (bicyclic) bond motifs is 1. The van der Waals surface area contributed by atoms with Gasteiger partial charge in [0.05, 0.1) is 5.01 Å². The van der Waals surface area contributed by atoms with E-state index in [2.05, 4.69) is 29.2 Å². The standard InChI is InChI=1S/C12H11N3S/c1-8-3-4-12-14-10(6-15(12)5-8)11-7-16-9(2)13-11/h3-7H,1-2H3. The molecule has 0 atom stereocenters. The van der Waals surface area contributed by atoms with Crippen molar-refractivity contribution in [2.24, 2.45) is 0 Å². The minimum atomic E-state index is 0.940. The normalized spacial score (nSPS) is 11.1. The van der Waals surface area contributed by atoms with Crippen LogP contribution in [0.4, 0.5) is 0 Å². The molecule has 0 saturated carbocycles. The highest BCUT2D eigenvalue weighted by Crippen LogP contribution is 2.21. The lowest BCUT2D eigenvalue weighted by Crippen LogP contribution is -1.82. The Hall–Kier alpha value is -1.68. The van der Waals surface area contributed by atoms with Crippen molar-refractivity contribution in [2.75, 3.05) is 0 Å². The van der Waals surface area contributed by atoms with E-state index in [0.29, 0.717) is 0 Å². The lowest BCUT2D eigenvalue weighted by Gasteiger charge is -1.92. The molecule has 0 unspecified atom stereocenters. The Bertz CT molecular complexity index is 651. The highest BCUT2D eigenvalue weighted by Gasteiger charge is 2.06. The van der Waals surface area contributed by atoms with Crippen LogP contribution in [0.15, 0.2) is 29.9 Å². The third kappa shape index (κ3) is 1.51. The van der Waals surface area contributed by atoms with Gasteiger partial charge in [0.15, 0.2) is 0 Å². The van der Waals surface area contributed by atoms with E-state index in [1.807, 2.05) is 29.0 Å². The zero-order chi connectivity index (χ0) is 11.1. The summed E-state index contributed by atoms with van der Waals surface area (Å²) in [5.74, 6) is 0. The Morgan fingerprint density at radius 1 is 1.06 bits per heavy atom. The van der Waals surface area contributed by atoms with E-state index in [1.165, 1.54) is 5.56 Å². The first-order valence-corrected chi connectivity index (χ1v) is 5.98. The van der Waals surface area contributed by atoms with Crippen molar-refractivity contribution in [1.29, 1.82) is 0 Å². The van der Waals surface area contributed by atoms with Gasteiger partial charge in [-0.2, -0.15) is 0 Å². The number of hydrogen-bond donors (Lipinski definition) is 0. The predicted octanol–water partition coefficient (Wildman–Crippen LogP) is 3.07. The topological polar surface area (TPSA) is 30.2 Å². The molecule has 80 valence electrons. The zero-order valence-corrected chi connectivity index (χ0v) is 9.95. The van der Waals surface area contributed by atoms with Crippen molar-refractivity contribution in [1.82, 2.24) is 14.4 Å². The molecule has 3 rings (SSSR count). The number of rotatable bonds is 1. The molecule has 0 aliphatic heterocycles. The summed E-state index contributed by atoms with van der Waals surface area (Å²) in [6, 6.07) is 4.09. The van der Waals surface area contributed by atoms with Gasteiger partial charge in [-0.05, 0) is 25.5 Å². The molecule has 0 radical (unpaired) electrons. The number of aryl methyl sites for hydroxylation is 2. The summed E-state index contributed by atoms with van der Waals surface area (Å²) in [6.45, 7) is 4.08. The summed E-state index contributed by atoms with van der Waals surface area (Å²) in [5, 5.41) is 3.12. The first-order valence-electron chi connectivity index (χ1n) is 5.10. The van der Waals surface area contributed by atoms with Crippen molar-refractivity contribution in [2.45, 2.75) is 13.8 Å². The summed E-state index contributed by atoms with van der Waals surface area (Å²) >= 11 is 1.65. The zero-order valence-electron chi connectivity index (χ0n) is 9.14. The average molecular weight is 229 g/mol. The van der Waals surface area contributed by atoms with Gasteiger partial charge in [-0.15, -0.1) is 11.3 Å². The van der Waals surface area contributed by atoms with Gasteiger partial charge in [0.1, 0.15) is 17.0 Å². The summed E-state index contributed by atoms with van der Waals surface area (Å²) in [7, 11) is 0. The Labute approximate surface area is 97.4 Å². The van der Waals surface area contributed by atoms with Crippen LogP contribution in [0.3, 0.4) is 0 Å². The van der Waals surface area contributed by atoms with Crippen LogP contribution in [0, 0.1) is 13.8 Å². The first-order chi connectivity index (χ1) is 7.72. The van der Waals surface area contributed by atoms with E-state index >= 15 is 0 Å².